The largest absolute Gasteiger partial charge is 0.391 e. The van der Waals surface area contributed by atoms with Gasteiger partial charge < -0.3 is 10.4 Å². The Morgan fingerprint density at radius 3 is 2.68 bits per heavy atom. The van der Waals surface area contributed by atoms with Crippen LogP contribution in [0.4, 0.5) is 0 Å². The second-order valence-electron chi connectivity index (χ2n) is 6.36. The first-order valence-electron chi connectivity index (χ1n) is 8.47. The summed E-state index contributed by atoms with van der Waals surface area (Å²) in [7, 11) is 0. The lowest BCUT2D eigenvalue weighted by atomic mass is 9.95. The van der Waals surface area contributed by atoms with Crippen molar-refractivity contribution in [3.63, 3.8) is 0 Å². The molecular formula is C16H32N2O. The lowest BCUT2D eigenvalue weighted by molar-refractivity contribution is 0.00433. The highest BCUT2D eigenvalue weighted by molar-refractivity contribution is 4.89. The minimum absolute atomic E-state index is 0.0886. The summed E-state index contributed by atoms with van der Waals surface area (Å²) in [5.74, 6) is 0. The molecule has 1 aliphatic carbocycles. The molecule has 1 heterocycles. The van der Waals surface area contributed by atoms with Gasteiger partial charge in [-0.05, 0) is 45.2 Å². The SMILES string of the molecule is CCCNCC1CCCCN1C1CCCCCC1O. The number of hydrogen-bond acceptors (Lipinski definition) is 3. The van der Waals surface area contributed by atoms with Crippen molar-refractivity contribution < 1.29 is 5.11 Å². The fourth-order valence-corrected chi connectivity index (χ4v) is 3.78. The van der Waals surface area contributed by atoms with Crippen molar-refractivity contribution in [2.45, 2.75) is 82.9 Å². The van der Waals surface area contributed by atoms with Crippen LogP contribution in [0.1, 0.15) is 64.7 Å². The van der Waals surface area contributed by atoms with Crippen LogP contribution in [0.5, 0.6) is 0 Å². The van der Waals surface area contributed by atoms with Crippen molar-refractivity contribution in [3.8, 4) is 0 Å². The Labute approximate surface area is 118 Å². The number of nitrogens with zero attached hydrogens (tertiary/aromatic N) is 1. The second kappa shape index (κ2) is 8.23. The molecule has 0 spiro atoms. The smallest absolute Gasteiger partial charge is 0.0695 e. The first kappa shape index (κ1) is 15.3. The number of aliphatic hydroxyl groups excluding tert-OH is 1. The normalized spacial score (nSPS) is 34.1. The molecule has 0 bridgehead atoms. The highest BCUT2D eigenvalue weighted by atomic mass is 16.3. The van der Waals surface area contributed by atoms with E-state index in [0.717, 1.165) is 19.5 Å². The molecule has 0 aromatic carbocycles. The van der Waals surface area contributed by atoms with Gasteiger partial charge in [-0.25, -0.2) is 0 Å². The fourth-order valence-electron chi connectivity index (χ4n) is 3.78. The van der Waals surface area contributed by atoms with Gasteiger partial charge in [-0.1, -0.05) is 32.6 Å². The van der Waals surface area contributed by atoms with E-state index in [1.807, 2.05) is 0 Å². The van der Waals surface area contributed by atoms with Crippen molar-refractivity contribution in [1.29, 1.82) is 0 Å². The van der Waals surface area contributed by atoms with Crippen LogP contribution in [0, 0.1) is 0 Å². The van der Waals surface area contributed by atoms with E-state index in [9.17, 15) is 5.11 Å². The number of aliphatic hydroxyl groups is 1. The predicted octanol–water partition coefficient (Wildman–Crippen LogP) is 2.53. The van der Waals surface area contributed by atoms with Crippen molar-refractivity contribution >= 4 is 0 Å². The summed E-state index contributed by atoms with van der Waals surface area (Å²) in [6.07, 6.45) is 11.1. The lowest BCUT2D eigenvalue weighted by Gasteiger charge is -2.43. The third kappa shape index (κ3) is 4.44. The molecule has 1 saturated heterocycles. The van der Waals surface area contributed by atoms with Gasteiger partial charge in [0.25, 0.3) is 0 Å². The molecule has 0 radical (unpaired) electrons. The Morgan fingerprint density at radius 1 is 1.05 bits per heavy atom. The van der Waals surface area contributed by atoms with Crippen LogP contribution in [-0.2, 0) is 0 Å². The molecule has 0 aromatic rings. The number of likely N-dealkylation sites (tertiary alicyclic amines) is 1. The molecule has 112 valence electrons. The van der Waals surface area contributed by atoms with Gasteiger partial charge >= 0.3 is 0 Å². The highest BCUT2D eigenvalue weighted by Gasteiger charge is 2.33. The van der Waals surface area contributed by atoms with E-state index in [-0.39, 0.29) is 6.10 Å². The van der Waals surface area contributed by atoms with Gasteiger partial charge in [0, 0.05) is 18.6 Å². The summed E-state index contributed by atoms with van der Waals surface area (Å²) in [5, 5.41) is 14.0. The fraction of sp³-hybridized carbons (Fsp3) is 1.00. The van der Waals surface area contributed by atoms with E-state index in [0.29, 0.717) is 12.1 Å². The molecular weight excluding hydrogens is 236 g/mol. The molecule has 3 heteroatoms. The minimum atomic E-state index is -0.0886. The molecule has 0 amide bonds. The number of piperidine rings is 1. The molecule has 2 N–H and O–H groups in total. The molecule has 2 aliphatic rings. The third-order valence-corrected chi connectivity index (χ3v) is 4.85. The van der Waals surface area contributed by atoms with Gasteiger partial charge in [-0.3, -0.25) is 4.90 Å². The average Bonchev–Trinajstić information content (AvgIpc) is 2.64. The van der Waals surface area contributed by atoms with Crippen LogP contribution < -0.4 is 5.32 Å². The first-order valence-corrected chi connectivity index (χ1v) is 8.47. The number of nitrogens with one attached hydrogen (secondary N) is 1. The molecule has 3 unspecified atom stereocenters. The zero-order chi connectivity index (χ0) is 13.5. The maximum atomic E-state index is 10.4. The van der Waals surface area contributed by atoms with Crippen LogP contribution in [0.15, 0.2) is 0 Å². The molecule has 2 fully saturated rings. The minimum Gasteiger partial charge on any atom is -0.391 e. The van der Waals surface area contributed by atoms with Crippen LogP contribution in [-0.4, -0.2) is 47.8 Å². The molecule has 2 rings (SSSR count). The summed E-state index contributed by atoms with van der Waals surface area (Å²) < 4.78 is 0. The van der Waals surface area contributed by atoms with Crippen molar-refractivity contribution in [2.24, 2.45) is 0 Å². The maximum Gasteiger partial charge on any atom is 0.0695 e. The Bertz CT molecular complexity index is 247. The van der Waals surface area contributed by atoms with Crippen molar-refractivity contribution in [3.05, 3.63) is 0 Å². The van der Waals surface area contributed by atoms with E-state index >= 15 is 0 Å². The molecule has 0 aromatic heterocycles. The average molecular weight is 268 g/mol. The maximum absolute atomic E-state index is 10.4. The monoisotopic (exact) mass is 268 g/mol. The Morgan fingerprint density at radius 2 is 1.84 bits per heavy atom. The second-order valence-corrected chi connectivity index (χ2v) is 6.36. The Hall–Kier alpha value is -0.120. The Balaban J connectivity index is 1.92. The van der Waals surface area contributed by atoms with Gasteiger partial charge in [0.1, 0.15) is 0 Å². The zero-order valence-electron chi connectivity index (χ0n) is 12.6. The van der Waals surface area contributed by atoms with E-state index < -0.39 is 0 Å². The summed E-state index contributed by atoms with van der Waals surface area (Å²) in [4.78, 5) is 2.64. The van der Waals surface area contributed by atoms with Gasteiger partial charge in [0.05, 0.1) is 6.10 Å². The molecule has 3 atom stereocenters. The van der Waals surface area contributed by atoms with Crippen LogP contribution in [0.3, 0.4) is 0 Å². The highest BCUT2D eigenvalue weighted by Crippen LogP contribution is 2.28. The lowest BCUT2D eigenvalue weighted by Crippen LogP contribution is -2.54. The molecule has 1 saturated carbocycles. The molecule has 1 aliphatic heterocycles. The van der Waals surface area contributed by atoms with Crippen LogP contribution >= 0.6 is 0 Å². The quantitative estimate of drug-likeness (QED) is 0.594. The predicted molar refractivity (Wildman–Crippen MR) is 80.4 cm³/mol. The topological polar surface area (TPSA) is 35.5 Å². The molecule has 3 nitrogen and oxygen atoms in total. The summed E-state index contributed by atoms with van der Waals surface area (Å²) in [5.41, 5.74) is 0. The van der Waals surface area contributed by atoms with Gasteiger partial charge in [0.2, 0.25) is 0 Å². The van der Waals surface area contributed by atoms with Crippen LogP contribution in [0.25, 0.3) is 0 Å². The van der Waals surface area contributed by atoms with E-state index in [1.54, 1.807) is 0 Å². The van der Waals surface area contributed by atoms with Crippen molar-refractivity contribution in [2.75, 3.05) is 19.6 Å². The Kier molecular flexibility index (Phi) is 6.62. The van der Waals surface area contributed by atoms with Gasteiger partial charge in [-0.15, -0.1) is 0 Å². The first-order chi connectivity index (χ1) is 9.33. The summed E-state index contributed by atoms with van der Waals surface area (Å²) >= 11 is 0. The van der Waals surface area contributed by atoms with Crippen molar-refractivity contribution in [1.82, 2.24) is 10.2 Å². The zero-order valence-corrected chi connectivity index (χ0v) is 12.6. The third-order valence-electron chi connectivity index (χ3n) is 4.85. The van der Waals surface area contributed by atoms with Gasteiger partial charge in [0.15, 0.2) is 0 Å². The summed E-state index contributed by atoms with van der Waals surface area (Å²) in [6.45, 7) is 5.65. The van der Waals surface area contributed by atoms with Crippen LogP contribution in [0.2, 0.25) is 0 Å². The number of rotatable bonds is 5. The van der Waals surface area contributed by atoms with E-state index in [4.69, 9.17) is 0 Å². The van der Waals surface area contributed by atoms with E-state index in [2.05, 4.69) is 17.1 Å². The van der Waals surface area contributed by atoms with Gasteiger partial charge in [-0.2, -0.15) is 0 Å². The molecule has 19 heavy (non-hydrogen) atoms. The number of hydrogen-bond donors (Lipinski definition) is 2. The van der Waals surface area contributed by atoms with E-state index in [1.165, 1.54) is 57.9 Å². The summed E-state index contributed by atoms with van der Waals surface area (Å²) in [6, 6.07) is 1.08. The standard InChI is InChI=1S/C16H32N2O/c1-2-11-17-13-14-8-6-7-12-18(14)15-9-4-3-5-10-16(15)19/h14-17,19H,2-13H2,1H3.